The summed E-state index contributed by atoms with van der Waals surface area (Å²) < 4.78 is 0.891. The molecule has 1 aliphatic carbocycles. The quantitative estimate of drug-likeness (QED) is 0.841. The van der Waals surface area contributed by atoms with Crippen LogP contribution in [-0.4, -0.2) is 21.3 Å². The van der Waals surface area contributed by atoms with E-state index in [0.29, 0.717) is 5.25 Å². The summed E-state index contributed by atoms with van der Waals surface area (Å²) in [5.74, 6) is -0.934. The zero-order chi connectivity index (χ0) is 9.26. The van der Waals surface area contributed by atoms with Gasteiger partial charge in [0.2, 0.25) is 0 Å². The summed E-state index contributed by atoms with van der Waals surface area (Å²) in [6.45, 7) is 0. The van der Waals surface area contributed by atoms with Crippen molar-refractivity contribution in [1.29, 1.82) is 0 Å². The van der Waals surface area contributed by atoms with E-state index in [1.54, 1.807) is 17.1 Å². The van der Waals surface area contributed by atoms with E-state index < -0.39 is 5.97 Å². The molecule has 5 heteroatoms. The number of nitrogens with zero attached hydrogens (tertiary/aromatic N) is 1. The molecule has 0 atom stereocenters. The molecule has 1 aliphatic rings. The van der Waals surface area contributed by atoms with Crippen LogP contribution in [0.4, 0.5) is 0 Å². The van der Waals surface area contributed by atoms with Crippen molar-refractivity contribution < 1.29 is 9.90 Å². The van der Waals surface area contributed by atoms with E-state index in [4.69, 9.17) is 5.11 Å². The number of hydrogen-bond acceptors (Lipinski definition) is 4. The maximum absolute atomic E-state index is 10.5. The van der Waals surface area contributed by atoms with Gasteiger partial charge in [0.15, 0.2) is 10.0 Å². The number of thiazole rings is 1. The molecule has 13 heavy (non-hydrogen) atoms. The number of hydrogen-bond donors (Lipinski definition) is 1. The molecule has 0 spiro atoms. The van der Waals surface area contributed by atoms with Gasteiger partial charge in [0.1, 0.15) is 0 Å². The third-order valence-electron chi connectivity index (χ3n) is 2.02. The average Bonchev–Trinajstić information content (AvgIpc) is 2.44. The maximum atomic E-state index is 10.5. The Bertz CT molecular complexity index is 320. The third kappa shape index (κ3) is 2.03. The van der Waals surface area contributed by atoms with Crippen LogP contribution in [0.5, 0.6) is 0 Å². The second-order valence-electron chi connectivity index (χ2n) is 2.97. The first-order chi connectivity index (χ1) is 6.25. The van der Waals surface area contributed by atoms with Crippen molar-refractivity contribution in [2.75, 3.05) is 0 Å². The Morgan fingerprint density at radius 1 is 1.69 bits per heavy atom. The van der Waals surface area contributed by atoms with Gasteiger partial charge in [0, 0.05) is 10.6 Å². The van der Waals surface area contributed by atoms with Crippen molar-refractivity contribution in [3.8, 4) is 0 Å². The molecule has 0 unspecified atom stereocenters. The van der Waals surface area contributed by atoms with Crippen molar-refractivity contribution in [1.82, 2.24) is 4.98 Å². The van der Waals surface area contributed by atoms with Gasteiger partial charge in [0.05, 0.1) is 0 Å². The highest BCUT2D eigenvalue weighted by atomic mass is 32.2. The van der Waals surface area contributed by atoms with Crippen molar-refractivity contribution in [3.05, 3.63) is 11.1 Å². The molecule has 1 N–H and O–H groups in total. The van der Waals surface area contributed by atoms with E-state index >= 15 is 0 Å². The Labute approximate surface area is 84.2 Å². The minimum Gasteiger partial charge on any atom is -0.476 e. The van der Waals surface area contributed by atoms with Gasteiger partial charge in [-0.15, -0.1) is 11.3 Å². The van der Waals surface area contributed by atoms with Crippen LogP contribution >= 0.6 is 23.1 Å². The number of carboxylic acid groups (broad SMARTS) is 1. The summed E-state index contributed by atoms with van der Waals surface area (Å²) in [5, 5.41) is 10.9. The Hall–Kier alpha value is -0.550. The summed E-state index contributed by atoms with van der Waals surface area (Å²) in [7, 11) is 0. The normalized spacial score (nSPS) is 16.9. The third-order valence-corrected chi connectivity index (χ3v) is 4.33. The number of aromatic carboxylic acids is 1. The summed E-state index contributed by atoms with van der Waals surface area (Å²) in [6, 6.07) is 0. The number of thioether (sulfide) groups is 1. The van der Waals surface area contributed by atoms with Crippen LogP contribution in [0.2, 0.25) is 0 Å². The van der Waals surface area contributed by atoms with Crippen molar-refractivity contribution in [2.24, 2.45) is 0 Å². The predicted octanol–water partition coefficient (Wildman–Crippen LogP) is 2.49. The lowest BCUT2D eigenvalue weighted by molar-refractivity contribution is 0.0691. The highest BCUT2D eigenvalue weighted by Gasteiger charge is 2.20. The molecule has 0 saturated heterocycles. The lowest BCUT2D eigenvalue weighted by Crippen LogP contribution is -2.12. The van der Waals surface area contributed by atoms with E-state index in [2.05, 4.69) is 4.98 Å². The lowest BCUT2D eigenvalue weighted by Gasteiger charge is -2.22. The van der Waals surface area contributed by atoms with E-state index in [9.17, 15) is 4.79 Å². The number of aromatic nitrogens is 1. The van der Waals surface area contributed by atoms with Gasteiger partial charge in [-0.1, -0.05) is 18.2 Å². The first-order valence-electron chi connectivity index (χ1n) is 4.11. The van der Waals surface area contributed by atoms with Gasteiger partial charge in [-0.05, 0) is 12.8 Å². The van der Waals surface area contributed by atoms with E-state index in [-0.39, 0.29) is 5.69 Å². The Morgan fingerprint density at radius 3 is 2.92 bits per heavy atom. The molecular formula is C8H9NO2S2. The fraction of sp³-hybridized carbons (Fsp3) is 0.500. The number of carbonyl (C=O) groups is 1. The molecule has 1 fully saturated rings. The van der Waals surface area contributed by atoms with Crippen LogP contribution in [0.25, 0.3) is 0 Å². The fourth-order valence-corrected chi connectivity index (χ4v) is 3.34. The molecule has 0 aliphatic heterocycles. The standard InChI is InChI=1S/C8H9NO2S2/c10-7(11)6-4-12-8(9-6)13-5-2-1-3-5/h4-5H,1-3H2,(H,10,11). The molecule has 0 aromatic carbocycles. The summed E-state index contributed by atoms with van der Waals surface area (Å²) in [6.07, 6.45) is 3.79. The summed E-state index contributed by atoms with van der Waals surface area (Å²) in [4.78, 5) is 14.5. The van der Waals surface area contributed by atoms with Crippen LogP contribution in [0.3, 0.4) is 0 Å². The Balaban J connectivity index is 2.00. The second-order valence-corrected chi connectivity index (χ2v) is 5.38. The van der Waals surface area contributed by atoms with Crippen molar-refractivity contribution >= 4 is 29.1 Å². The predicted molar refractivity (Wildman–Crippen MR) is 52.6 cm³/mol. The minimum atomic E-state index is -0.934. The minimum absolute atomic E-state index is 0.173. The van der Waals surface area contributed by atoms with E-state index in [1.165, 1.54) is 30.6 Å². The number of rotatable bonds is 3. The molecule has 0 radical (unpaired) electrons. The molecule has 1 saturated carbocycles. The molecule has 2 rings (SSSR count). The van der Waals surface area contributed by atoms with Gasteiger partial charge in [-0.2, -0.15) is 0 Å². The van der Waals surface area contributed by atoms with Crippen LogP contribution in [0.15, 0.2) is 9.72 Å². The SMILES string of the molecule is O=C(O)c1csc(SC2CCC2)n1. The van der Waals surface area contributed by atoms with E-state index in [0.717, 1.165) is 4.34 Å². The second kappa shape index (κ2) is 3.67. The molecule has 0 bridgehead atoms. The molecule has 3 nitrogen and oxygen atoms in total. The van der Waals surface area contributed by atoms with Gasteiger partial charge in [-0.25, -0.2) is 9.78 Å². The van der Waals surface area contributed by atoms with Crippen LogP contribution < -0.4 is 0 Å². The molecular weight excluding hydrogens is 206 g/mol. The molecule has 1 aromatic heterocycles. The van der Waals surface area contributed by atoms with Crippen LogP contribution in [0.1, 0.15) is 29.8 Å². The van der Waals surface area contributed by atoms with Crippen molar-refractivity contribution in [2.45, 2.75) is 28.9 Å². The topological polar surface area (TPSA) is 50.2 Å². The first-order valence-corrected chi connectivity index (χ1v) is 5.87. The highest BCUT2D eigenvalue weighted by Crippen LogP contribution is 2.37. The zero-order valence-corrected chi connectivity index (χ0v) is 8.53. The molecule has 70 valence electrons. The zero-order valence-electron chi connectivity index (χ0n) is 6.90. The molecule has 1 aromatic rings. The smallest absolute Gasteiger partial charge is 0.355 e. The summed E-state index contributed by atoms with van der Waals surface area (Å²) >= 11 is 3.14. The largest absolute Gasteiger partial charge is 0.476 e. The van der Waals surface area contributed by atoms with Gasteiger partial charge in [-0.3, -0.25) is 0 Å². The van der Waals surface area contributed by atoms with Crippen LogP contribution in [-0.2, 0) is 0 Å². The van der Waals surface area contributed by atoms with Gasteiger partial charge in [0.25, 0.3) is 0 Å². The monoisotopic (exact) mass is 215 g/mol. The van der Waals surface area contributed by atoms with Crippen LogP contribution in [0, 0.1) is 0 Å². The molecule has 1 heterocycles. The molecule has 0 amide bonds. The average molecular weight is 215 g/mol. The fourth-order valence-electron chi connectivity index (χ4n) is 1.04. The first kappa shape index (κ1) is 9.02. The Kier molecular flexibility index (Phi) is 2.55. The highest BCUT2D eigenvalue weighted by molar-refractivity contribution is 8.01. The maximum Gasteiger partial charge on any atom is 0.355 e. The van der Waals surface area contributed by atoms with Gasteiger partial charge < -0.3 is 5.11 Å². The Morgan fingerprint density at radius 2 is 2.46 bits per heavy atom. The lowest BCUT2D eigenvalue weighted by atomic mass is 10.0. The summed E-state index contributed by atoms with van der Waals surface area (Å²) in [5.41, 5.74) is 0.173. The van der Waals surface area contributed by atoms with E-state index in [1.807, 2.05) is 0 Å². The number of carboxylic acids is 1. The van der Waals surface area contributed by atoms with Gasteiger partial charge >= 0.3 is 5.97 Å². The van der Waals surface area contributed by atoms with Crippen molar-refractivity contribution in [3.63, 3.8) is 0 Å².